The fourth-order valence-corrected chi connectivity index (χ4v) is 3.10. The first kappa shape index (κ1) is 17.0. The molecule has 5 nitrogen and oxygen atoms in total. The molecule has 0 spiro atoms. The van der Waals surface area contributed by atoms with E-state index in [1.165, 1.54) is 24.3 Å². The third-order valence-corrected chi connectivity index (χ3v) is 4.47. The molecule has 0 aliphatic heterocycles. The van der Waals surface area contributed by atoms with Gasteiger partial charge in [0.05, 0.1) is 17.9 Å². The number of nitriles is 2. The van der Waals surface area contributed by atoms with Crippen molar-refractivity contribution in [3.8, 4) is 12.1 Å². The van der Waals surface area contributed by atoms with E-state index < -0.39 is 41.7 Å². The van der Waals surface area contributed by atoms with Gasteiger partial charge in [0.15, 0.2) is 6.17 Å². The maximum Gasteiger partial charge on any atom is 0.220 e. The zero-order valence-corrected chi connectivity index (χ0v) is 11.9. The highest BCUT2D eigenvalue weighted by atomic mass is 32.2. The first-order chi connectivity index (χ1) is 9.96. The van der Waals surface area contributed by atoms with Gasteiger partial charge in [0, 0.05) is 0 Å². The van der Waals surface area contributed by atoms with Crippen LogP contribution in [0.5, 0.6) is 0 Å². The number of nitrogens with zero attached hydrogens (tertiary/aromatic N) is 3. The molecule has 0 N–H and O–H groups in total. The summed E-state index contributed by atoms with van der Waals surface area (Å²) in [5.41, 5.74) is 0.0703. The Morgan fingerprint density at radius 2 is 1.76 bits per heavy atom. The van der Waals surface area contributed by atoms with E-state index in [-0.39, 0.29) is 11.1 Å². The van der Waals surface area contributed by atoms with Crippen molar-refractivity contribution in [1.82, 2.24) is 4.31 Å². The van der Waals surface area contributed by atoms with E-state index in [2.05, 4.69) is 0 Å². The van der Waals surface area contributed by atoms with Crippen molar-refractivity contribution in [3.05, 3.63) is 35.4 Å². The predicted octanol–water partition coefficient (Wildman–Crippen LogP) is 1.85. The molecule has 1 rings (SSSR count). The molecule has 0 bridgehead atoms. The van der Waals surface area contributed by atoms with Gasteiger partial charge in [0.25, 0.3) is 0 Å². The number of sulfonamides is 1. The number of hydrogen-bond acceptors (Lipinski definition) is 4. The molecule has 0 saturated carbocycles. The lowest BCUT2D eigenvalue weighted by Crippen LogP contribution is -2.33. The van der Waals surface area contributed by atoms with Crippen LogP contribution in [0.25, 0.3) is 0 Å². The minimum atomic E-state index is -3.96. The molecule has 0 heterocycles. The average Bonchev–Trinajstić information content (AvgIpc) is 2.46. The Kier molecular flexibility index (Phi) is 6.22. The van der Waals surface area contributed by atoms with E-state index in [0.29, 0.717) is 4.31 Å². The number of alkyl halides is 2. The zero-order valence-electron chi connectivity index (χ0n) is 11.0. The van der Waals surface area contributed by atoms with Crippen LogP contribution >= 0.6 is 0 Å². The van der Waals surface area contributed by atoms with Crippen LogP contribution < -0.4 is 0 Å². The lowest BCUT2D eigenvalue weighted by molar-refractivity contribution is 0.265. The quantitative estimate of drug-likeness (QED) is 0.719. The second-order valence-electron chi connectivity index (χ2n) is 4.16. The number of hydrogen-bond donors (Lipinski definition) is 0. The summed E-state index contributed by atoms with van der Waals surface area (Å²) < 4.78 is 51.0. The van der Waals surface area contributed by atoms with Crippen LogP contribution in [0, 0.1) is 22.7 Å². The molecular weight excluding hydrogens is 300 g/mol. The van der Waals surface area contributed by atoms with Crippen molar-refractivity contribution >= 4 is 10.0 Å². The molecule has 0 aliphatic carbocycles. The molecule has 0 fully saturated rings. The zero-order chi connectivity index (χ0) is 15.9. The summed E-state index contributed by atoms with van der Waals surface area (Å²) in [5, 5.41) is 17.2. The predicted molar refractivity (Wildman–Crippen MR) is 71.7 cm³/mol. The van der Waals surface area contributed by atoms with Crippen LogP contribution in [-0.4, -0.2) is 32.5 Å². The molecule has 0 amide bonds. The van der Waals surface area contributed by atoms with E-state index >= 15 is 0 Å². The van der Waals surface area contributed by atoms with Crippen LogP contribution in [0.15, 0.2) is 24.3 Å². The fourth-order valence-electron chi connectivity index (χ4n) is 1.75. The highest BCUT2D eigenvalue weighted by molar-refractivity contribution is 7.88. The molecule has 0 aromatic heterocycles. The Hall–Kier alpha value is -2.03. The first-order valence-electron chi connectivity index (χ1n) is 5.95. The molecule has 1 unspecified atom stereocenters. The van der Waals surface area contributed by atoms with Gasteiger partial charge in [0.1, 0.15) is 19.8 Å². The third kappa shape index (κ3) is 4.48. The van der Waals surface area contributed by atoms with Gasteiger partial charge in [-0.25, -0.2) is 17.2 Å². The minimum absolute atomic E-state index is 0.0440. The third-order valence-electron chi connectivity index (χ3n) is 2.75. The summed E-state index contributed by atoms with van der Waals surface area (Å²) in [5.74, 6) is -0.590. The highest BCUT2D eigenvalue weighted by Gasteiger charge is 2.25. The standard InChI is InChI=1S/C13H13F2N3O2S/c14-9-13(15)12-4-2-1-3-11(12)10-21(19,20)18(7-5-16)8-6-17/h1-4,13H,7-10H2. The minimum Gasteiger partial charge on any atom is -0.248 e. The first-order valence-corrected chi connectivity index (χ1v) is 7.56. The van der Waals surface area contributed by atoms with Crippen LogP contribution in [-0.2, 0) is 15.8 Å². The Balaban J connectivity index is 3.10. The molecule has 112 valence electrons. The van der Waals surface area contributed by atoms with Crippen molar-refractivity contribution < 1.29 is 17.2 Å². The molecule has 1 atom stereocenters. The monoisotopic (exact) mass is 313 g/mol. The van der Waals surface area contributed by atoms with Gasteiger partial charge >= 0.3 is 0 Å². The molecule has 0 saturated heterocycles. The molecule has 0 radical (unpaired) electrons. The summed E-state index contributed by atoms with van der Waals surface area (Å²) in [6.45, 7) is -2.20. The van der Waals surface area contributed by atoms with Gasteiger partial charge in [-0.3, -0.25) is 0 Å². The van der Waals surface area contributed by atoms with Crippen LogP contribution in [0.4, 0.5) is 8.78 Å². The average molecular weight is 313 g/mol. The Morgan fingerprint density at radius 3 is 2.29 bits per heavy atom. The molecular formula is C13H13F2N3O2S. The fraction of sp³-hybridized carbons (Fsp3) is 0.385. The second kappa shape index (κ2) is 7.67. The molecule has 1 aromatic carbocycles. The van der Waals surface area contributed by atoms with Crippen LogP contribution in [0.1, 0.15) is 17.3 Å². The molecule has 0 aliphatic rings. The summed E-state index contributed by atoms with van der Waals surface area (Å²) in [6.07, 6.45) is -1.91. The van der Waals surface area contributed by atoms with Gasteiger partial charge in [-0.15, -0.1) is 0 Å². The molecule has 1 aromatic rings. The van der Waals surface area contributed by atoms with Gasteiger partial charge < -0.3 is 0 Å². The lowest BCUT2D eigenvalue weighted by atomic mass is 10.1. The number of benzene rings is 1. The Morgan fingerprint density at radius 1 is 1.19 bits per heavy atom. The second-order valence-corrected chi connectivity index (χ2v) is 6.13. The van der Waals surface area contributed by atoms with Crippen molar-refractivity contribution in [2.24, 2.45) is 0 Å². The summed E-state index contributed by atoms with van der Waals surface area (Å²) in [7, 11) is -3.96. The smallest absolute Gasteiger partial charge is 0.220 e. The Bertz CT molecular complexity index is 649. The van der Waals surface area contributed by atoms with Crippen LogP contribution in [0.3, 0.4) is 0 Å². The largest absolute Gasteiger partial charge is 0.248 e. The van der Waals surface area contributed by atoms with Crippen molar-refractivity contribution in [3.63, 3.8) is 0 Å². The van der Waals surface area contributed by atoms with E-state index in [1.54, 1.807) is 12.1 Å². The SMILES string of the molecule is N#CCN(CC#N)S(=O)(=O)Cc1ccccc1C(F)CF. The lowest BCUT2D eigenvalue weighted by Gasteiger charge is -2.18. The summed E-state index contributed by atoms with van der Waals surface area (Å²) in [6, 6.07) is 9.00. The van der Waals surface area contributed by atoms with Crippen LogP contribution in [0.2, 0.25) is 0 Å². The summed E-state index contributed by atoms with van der Waals surface area (Å²) >= 11 is 0. The van der Waals surface area contributed by atoms with Gasteiger partial charge in [-0.1, -0.05) is 24.3 Å². The van der Waals surface area contributed by atoms with Gasteiger partial charge in [0.2, 0.25) is 10.0 Å². The highest BCUT2D eigenvalue weighted by Crippen LogP contribution is 2.24. The molecule has 8 heteroatoms. The number of rotatable bonds is 7. The van der Waals surface area contributed by atoms with Crippen molar-refractivity contribution in [2.75, 3.05) is 19.8 Å². The van der Waals surface area contributed by atoms with E-state index in [1.807, 2.05) is 0 Å². The van der Waals surface area contributed by atoms with E-state index in [4.69, 9.17) is 10.5 Å². The van der Waals surface area contributed by atoms with E-state index in [9.17, 15) is 17.2 Å². The molecule has 21 heavy (non-hydrogen) atoms. The Labute approximate surface area is 122 Å². The topological polar surface area (TPSA) is 85.0 Å². The van der Waals surface area contributed by atoms with Gasteiger partial charge in [-0.2, -0.15) is 14.8 Å². The normalized spacial score (nSPS) is 12.6. The van der Waals surface area contributed by atoms with Gasteiger partial charge in [-0.05, 0) is 11.1 Å². The van der Waals surface area contributed by atoms with E-state index in [0.717, 1.165) is 0 Å². The van der Waals surface area contributed by atoms with Crippen molar-refractivity contribution in [1.29, 1.82) is 10.5 Å². The number of halogens is 2. The van der Waals surface area contributed by atoms with Crippen molar-refractivity contribution in [2.45, 2.75) is 11.9 Å². The maximum atomic E-state index is 13.5. The summed E-state index contributed by atoms with van der Waals surface area (Å²) in [4.78, 5) is 0. The maximum absolute atomic E-state index is 13.5.